The Morgan fingerprint density at radius 2 is 1.67 bits per heavy atom. The van der Waals surface area contributed by atoms with Crippen molar-refractivity contribution in [3.8, 4) is 0 Å². The molecule has 2 nitrogen and oxygen atoms in total. The van der Waals surface area contributed by atoms with E-state index in [9.17, 15) is 0 Å². The van der Waals surface area contributed by atoms with E-state index < -0.39 is 0 Å². The molecule has 84 valence electrons. The zero-order valence-electron chi connectivity index (χ0n) is 9.74. The number of nitrogens with two attached hydrogens (primary N) is 2. The van der Waals surface area contributed by atoms with Gasteiger partial charge < -0.3 is 11.5 Å². The maximum absolute atomic E-state index is 6.05. The lowest BCUT2D eigenvalue weighted by Gasteiger charge is -2.19. The second-order valence-electron chi connectivity index (χ2n) is 4.31. The lowest BCUT2D eigenvalue weighted by Crippen LogP contribution is -2.42. The summed E-state index contributed by atoms with van der Waals surface area (Å²) in [6.45, 7) is 4.23. The molecule has 0 aromatic heterocycles. The summed E-state index contributed by atoms with van der Waals surface area (Å²) in [5.74, 6) is 0. The van der Waals surface area contributed by atoms with Crippen LogP contribution >= 0.6 is 0 Å². The first-order chi connectivity index (χ1) is 7.13. The second-order valence-corrected chi connectivity index (χ2v) is 4.31. The summed E-state index contributed by atoms with van der Waals surface area (Å²) in [5, 5.41) is 0. The van der Waals surface area contributed by atoms with E-state index in [1.807, 2.05) is 0 Å². The van der Waals surface area contributed by atoms with E-state index in [1.165, 1.54) is 11.1 Å². The molecular weight excluding hydrogens is 184 g/mol. The third kappa shape index (κ3) is 4.02. The fourth-order valence-electron chi connectivity index (χ4n) is 1.70. The molecule has 0 saturated carbocycles. The van der Waals surface area contributed by atoms with Crippen molar-refractivity contribution in [1.29, 1.82) is 0 Å². The van der Waals surface area contributed by atoms with E-state index in [0.29, 0.717) is 0 Å². The van der Waals surface area contributed by atoms with E-state index in [2.05, 4.69) is 38.1 Å². The van der Waals surface area contributed by atoms with Crippen LogP contribution in [0.3, 0.4) is 0 Å². The average molecular weight is 206 g/mol. The van der Waals surface area contributed by atoms with Crippen LogP contribution in [0.1, 0.15) is 30.9 Å². The number of benzene rings is 1. The normalized spacial score (nSPS) is 14.9. The van der Waals surface area contributed by atoms with Crippen LogP contribution in [0.25, 0.3) is 0 Å². The molecule has 1 aromatic rings. The topological polar surface area (TPSA) is 52.0 Å². The minimum Gasteiger partial charge on any atom is -0.326 e. The van der Waals surface area contributed by atoms with Crippen LogP contribution in [0.5, 0.6) is 0 Å². The SMILES string of the molecule is CCCC(N)C(N)Cc1ccc(C)cc1. The Labute approximate surface area is 92.7 Å². The van der Waals surface area contributed by atoms with E-state index in [1.54, 1.807) is 0 Å². The Morgan fingerprint density at radius 1 is 1.07 bits per heavy atom. The minimum atomic E-state index is 0.0765. The fourth-order valence-corrected chi connectivity index (χ4v) is 1.70. The third-order valence-electron chi connectivity index (χ3n) is 2.76. The third-order valence-corrected chi connectivity index (χ3v) is 2.76. The van der Waals surface area contributed by atoms with Gasteiger partial charge in [0.2, 0.25) is 0 Å². The van der Waals surface area contributed by atoms with Gasteiger partial charge >= 0.3 is 0 Å². The predicted molar refractivity (Wildman–Crippen MR) is 65.7 cm³/mol. The molecule has 0 aliphatic carbocycles. The Kier molecular flexibility index (Phi) is 4.79. The molecule has 0 aliphatic heterocycles. The molecule has 2 atom stereocenters. The molecule has 0 spiro atoms. The molecule has 15 heavy (non-hydrogen) atoms. The monoisotopic (exact) mass is 206 g/mol. The van der Waals surface area contributed by atoms with Gasteiger partial charge in [0.05, 0.1) is 0 Å². The lowest BCUT2D eigenvalue weighted by atomic mass is 9.97. The van der Waals surface area contributed by atoms with Crippen LogP contribution in [-0.4, -0.2) is 12.1 Å². The summed E-state index contributed by atoms with van der Waals surface area (Å²) < 4.78 is 0. The van der Waals surface area contributed by atoms with E-state index in [0.717, 1.165) is 19.3 Å². The Balaban J connectivity index is 2.50. The van der Waals surface area contributed by atoms with Crippen molar-refractivity contribution in [2.75, 3.05) is 0 Å². The standard InChI is InChI=1S/C13H22N2/c1-3-4-12(14)13(15)9-11-7-5-10(2)6-8-11/h5-8,12-13H,3-4,9,14-15H2,1-2H3. The van der Waals surface area contributed by atoms with E-state index in [4.69, 9.17) is 11.5 Å². The molecule has 0 bridgehead atoms. The highest BCUT2D eigenvalue weighted by molar-refractivity contribution is 5.22. The maximum atomic E-state index is 6.05. The van der Waals surface area contributed by atoms with Crippen LogP contribution in [0.15, 0.2) is 24.3 Å². The molecule has 0 aliphatic rings. The van der Waals surface area contributed by atoms with Gasteiger partial charge in [-0.2, -0.15) is 0 Å². The fraction of sp³-hybridized carbons (Fsp3) is 0.538. The molecule has 4 N–H and O–H groups in total. The molecule has 0 amide bonds. The number of hydrogen-bond acceptors (Lipinski definition) is 2. The first-order valence-electron chi connectivity index (χ1n) is 5.70. The number of aryl methyl sites for hydroxylation is 1. The Morgan fingerprint density at radius 3 is 2.20 bits per heavy atom. The summed E-state index contributed by atoms with van der Waals surface area (Å²) in [7, 11) is 0. The molecule has 0 saturated heterocycles. The van der Waals surface area contributed by atoms with Crippen molar-refractivity contribution in [1.82, 2.24) is 0 Å². The van der Waals surface area contributed by atoms with Gasteiger partial charge in [0.1, 0.15) is 0 Å². The van der Waals surface area contributed by atoms with Crippen LogP contribution in [0, 0.1) is 6.92 Å². The highest BCUT2D eigenvalue weighted by Gasteiger charge is 2.12. The van der Waals surface area contributed by atoms with Gasteiger partial charge in [0.15, 0.2) is 0 Å². The molecule has 1 aromatic carbocycles. The molecular formula is C13H22N2. The predicted octanol–water partition coefficient (Wildman–Crippen LogP) is 1.99. The van der Waals surface area contributed by atoms with Gasteiger partial charge in [0.25, 0.3) is 0 Å². The first-order valence-corrected chi connectivity index (χ1v) is 5.70. The van der Waals surface area contributed by atoms with Crippen molar-refractivity contribution in [2.24, 2.45) is 11.5 Å². The van der Waals surface area contributed by atoms with Gasteiger partial charge in [-0.05, 0) is 25.3 Å². The van der Waals surface area contributed by atoms with Crippen molar-refractivity contribution < 1.29 is 0 Å². The van der Waals surface area contributed by atoms with Gasteiger partial charge in [-0.25, -0.2) is 0 Å². The zero-order valence-corrected chi connectivity index (χ0v) is 9.74. The van der Waals surface area contributed by atoms with Crippen LogP contribution < -0.4 is 11.5 Å². The first kappa shape index (κ1) is 12.2. The molecule has 0 heterocycles. The van der Waals surface area contributed by atoms with Gasteiger partial charge in [-0.1, -0.05) is 43.2 Å². The maximum Gasteiger partial charge on any atom is 0.0233 e. The minimum absolute atomic E-state index is 0.0765. The molecule has 0 radical (unpaired) electrons. The number of hydrogen-bond donors (Lipinski definition) is 2. The molecule has 2 heteroatoms. The summed E-state index contributed by atoms with van der Waals surface area (Å²) in [4.78, 5) is 0. The largest absolute Gasteiger partial charge is 0.326 e. The van der Waals surface area contributed by atoms with Crippen LogP contribution in [0.2, 0.25) is 0 Å². The second kappa shape index (κ2) is 5.89. The summed E-state index contributed by atoms with van der Waals surface area (Å²) >= 11 is 0. The van der Waals surface area contributed by atoms with Crippen molar-refractivity contribution in [3.63, 3.8) is 0 Å². The summed E-state index contributed by atoms with van der Waals surface area (Å²) in [6.07, 6.45) is 2.98. The molecule has 2 unspecified atom stereocenters. The number of rotatable bonds is 5. The van der Waals surface area contributed by atoms with E-state index in [-0.39, 0.29) is 12.1 Å². The average Bonchev–Trinajstić information content (AvgIpc) is 2.22. The lowest BCUT2D eigenvalue weighted by molar-refractivity contribution is 0.487. The quantitative estimate of drug-likeness (QED) is 0.774. The van der Waals surface area contributed by atoms with Gasteiger partial charge in [-0.3, -0.25) is 0 Å². The Hall–Kier alpha value is -0.860. The highest BCUT2D eigenvalue weighted by Crippen LogP contribution is 2.08. The van der Waals surface area contributed by atoms with Crippen molar-refractivity contribution >= 4 is 0 Å². The van der Waals surface area contributed by atoms with Gasteiger partial charge in [-0.15, -0.1) is 0 Å². The van der Waals surface area contributed by atoms with Crippen LogP contribution in [-0.2, 0) is 6.42 Å². The van der Waals surface area contributed by atoms with E-state index >= 15 is 0 Å². The summed E-state index contributed by atoms with van der Waals surface area (Å²) in [6, 6.07) is 8.70. The smallest absolute Gasteiger partial charge is 0.0233 e. The van der Waals surface area contributed by atoms with Crippen LogP contribution in [0.4, 0.5) is 0 Å². The molecule has 0 fully saturated rings. The Bertz CT molecular complexity index is 279. The van der Waals surface area contributed by atoms with Gasteiger partial charge in [0, 0.05) is 12.1 Å². The van der Waals surface area contributed by atoms with Crippen molar-refractivity contribution in [2.45, 2.75) is 45.2 Å². The van der Waals surface area contributed by atoms with Crippen molar-refractivity contribution in [3.05, 3.63) is 35.4 Å². The highest BCUT2D eigenvalue weighted by atomic mass is 14.8. The molecule has 1 rings (SSSR count). The summed E-state index contributed by atoms with van der Waals surface area (Å²) in [5.41, 5.74) is 14.6. The zero-order chi connectivity index (χ0) is 11.3.